The standard InChI is InChI=1S/C7H11N/c1-7(8)5-3-2-4-6-7/h3-6H,2,8H2,1H3. The van der Waals surface area contributed by atoms with Gasteiger partial charge < -0.3 is 5.73 Å². The summed E-state index contributed by atoms with van der Waals surface area (Å²) in [4.78, 5) is 0. The van der Waals surface area contributed by atoms with E-state index >= 15 is 0 Å². The summed E-state index contributed by atoms with van der Waals surface area (Å²) in [6.45, 7) is 1.99. The Balaban J connectivity index is 2.69. The van der Waals surface area contributed by atoms with Crippen molar-refractivity contribution in [3.8, 4) is 0 Å². The van der Waals surface area contributed by atoms with Crippen LogP contribution in [0, 0.1) is 0 Å². The van der Waals surface area contributed by atoms with Gasteiger partial charge in [0.2, 0.25) is 0 Å². The molecule has 0 amide bonds. The highest BCUT2D eigenvalue weighted by Gasteiger charge is 2.09. The first-order valence-electron chi connectivity index (χ1n) is 2.85. The number of allylic oxidation sites excluding steroid dienone is 2. The maximum atomic E-state index is 5.70. The van der Waals surface area contributed by atoms with Gasteiger partial charge in [0.25, 0.3) is 0 Å². The normalized spacial score (nSPS) is 23.8. The molecule has 1 rings (SSSR count). The van der Waals surface area contributed by atoms with E-state index in [-0.39, 0.29) is 5.54 Å². The summed E-state index contributed by atoms with van der Waals surface area (Å²) < 4.78 is 0. The fraction of sp³-hybridized carbons (Fsp3) is 0.429. The average Bonchev–Trinajstić information content (AvgIpc) is 1.65. The van der Waals surface area contributed by atoms with Crippen LogP contribution in [0.4, 0.5) is 0 Å². The third-order valence-corrected chi connectivity index (χ3v) is 1.23. The molecule has 1 aliphatic rings. The van der Waals surface area contributed by atoms with Gasteiger partial charge in [-0.15, -0.1) is 0 Å². The van der Waals surface area contributed by atoms with E-state index in [2.05, 4.69) is 12.2 Å². The molecule has 1 aliphatic carbocycles. The second-order valence-corrected chi connectivity index (χ2v) is 2.41. The third-order valence-electron chi connectivity index (χ3n) is 1.23. The Morgan fingerprint density at radius 3 is 2.12 bits per heavy atom. The molecular weight excluding hydrogens is 98.1 g/mol. The van der Waals surface area contributed by atoms with Gasteiger partial charge in [-0.05, 0) is 13.3 Å². The molecule has 0 aromatic carbocycles. The minimum absolute atomic E-state index is 0.182. The molecule has 0 radical (unpaired) electrons. The van der Waals surface area contributed by atoms with Crippen LogP contribution < -0.4 is 5.73 Å². The zero-order chi connectivity index (χ0) is 6.04. The predicted octanol–water partition coefficient (Wildman–Crippen LogP) is 1.22. The summed E-state index contributed by atoms with van der Waals surface area (Å²) in [6.07, 6.45) is 9.24. The van der Waals surface area contributed by atoms with Crippen molar-refractivity contribution in [2.75, 3.05) is 0 Å². The molecule has 0 bridgehead atoms. The van der Waals surface area contributed by atoms with Crippen LogP contribution in [0.3, 0.4) is 0 Å². The van der Waals surface area contributed by atoms with Crippen LogP contribution in [0.5, 0.6) is 0 Å². The lowest BCUT2D eigenvalue weighted by Gasteiger charge is -2.16. The maximum absolute atomic E-state index is 5.70. The van der Waals surface area contributed by atoms with Gasteiger partial charge in [-0.1, -0.05) is 24.3 Å². The Morgan fingerprint density at radius 1 is 1.38 bits per heavy atom. The van der Waals surface area contributed by atoms with E-state index in [1.54, 1.807) is 0 Å². The summed E-state index contributed by atoms with van der Waals surface area (Å²) in [7, 11) is 0. The summed E-state index contributed by atoms with van der Waals surface area (Å²) >= 11 is 0. The monoisotopic (exact) mass is 109 g/mol. The Kier molecular flexibility index (Phi) is 1.22. The number of nitrogens with two attached hydrogens (primary N) is 1. The zero-order valence-corrected chi connectivity index (χ0v) is 5.09. The Labute approximate surface area is 49.9 Å². The Hall–Kier alpha value is -0.560. The molecule has 1 nitrogen and oxygen atoms in total. The Bertz CT molecular complexity index is 117. The predicted molar refractivity (Wildman–Crippen MR) is 35.5 cm³/mol. The van der Waals surface area contributed by atoms with Crippen LogP contribution in [-0.2, 0) is 0 Å². The van der Waals surface area contributed by atoms with Crippen LogP contribution in [0.2, 0.25) is 0 Å². The van der Waals surface area contributed by atoms with Crippen molar-refractivity contribution < 1.29 is 0 Å². The molecule has 0 atom stereocenters. The molecule has 0 aliphatic heterocycles. The molecular formula is C7H11N. The highest BCUT2D eigenvalue weighted by Crippen LogP contribution is 2.09. The van der Waals surface area contributed by atoms with E-state index in [0.717, 1.165) is 6.42 Å². The lowest BCUT2D eigenvalue weighted by atomic mass is 9.98. The van der Waals surface area contributed by atoms with Crippen molar-refractivity contribution in [3.05, 3.63) is 24.3 Å². The summed E-state index contributed by atoms with van der Waals surface area (Å²) in [5, 5.41) is 0. The molecule has 0 spiro atoms. The van der Waals surface area contributed by atoms with Crippen LogP contribution >= 0.6 is 0 Å². The first kappa shape index (κ1) is 5.57. The highest BCUT2D eigenvalue weighted by atomic mass is 14.7. The zero-order valence-electron chi connectivity index (χ0n) is 5.09. The molecule has 0 unspecified atom stereocenters. The molecule has 0 fully saturated rings. The van der Waals surface area contributed by atoms with Crippen LogP contribution in [0.25, 0.3) is 0 Å². The van der Waals surface area contributed by atoms with Crippen molar-refractivity contribution in [2.45, 2.75) is 18.9 Å². The van der Waals surface area contributed by atoms with Crippen molar-refractivity contribution in [2.24, 2.45) is 5.73 Å². The van der Waals surface area contributed by atoms with Crippen molar-refractivity contribution in [1.82, 2.24) is 0 Å². The summed E-state index contributed by atoms with van der Waals surface area (Å²) in [5.74, 6) is 0. The molecule has 0 saturated heterocycles. The largest absolute Gasteiger partial charge is 0.319 e. The van der Waals surface area contributed by atoms with Crippen molar-refractivity contribution >= 4 is 0 Å². The second-order valence-electron chi connectivity index (χ2n) is 2.41. The Morgan fingerprint density at radius 2 is 1.88 bits per heavy atom. The molecule has 8 heavy (non-hydrogen) atoms. The summed E-state index contributed by atoms with van der Waals surface area (Å²) in [6, 6.07) is 0. The lowest BCUT2D eigenvalue weighted by Crippen LogP contribution is -2.31. The highest BCUT2D eigenvalue weighted by molar-refractivity contribution is 5.20. The topological polar surface area (TPSA) is 26.0 Å². The fourth-order valence-electron chi connectivity index (χ4n) is 0.778. The molecule has 44 valence electrons. The second kappa shape index (κ2) is 1.75. The first-order chi connectivity index (χ1) is 3.71. The molecule has 2 N–H and O–H groups in total. The SMILES string of the molecule is CC1(N)C=CCC=C1. The minimum Gasteiger partial charge on any atom is -0.319 e. The van der Waals surface area contributed by atoms with Gasteiger partial charge in [0.15, 0.2) is 0 Å². The van der Waals surface area contributed by atoms with Gasteiger partial charge in [0.1, 0.15) is 0 Å². The number of rotatable bonds is 0. The third kappa shape index (κ3) is 1.20. The number of hydrogen-bond donors (Lipinski definition) is 1. The van der Waals surface area contributed by atoms with Crippen molar-refractivity contribution in [3.63, 3.8) is 0 Å². The van der Waals surface area contributed by atoms with Gasteiger partial charge >= 0.3 is 0 Å². The fourth-order valence-corrected chi connectivity index (χ4v) is 0.778. The van der Waals surface area contributed by atoms with Gasteiger partial charge in [-0.25, -0.2) is 0 Å². The summed E-state index contributed by atoms with van der Waals surface area (Å²) in [5.41, 5.74) is 5.52. The average molecular weight is 109 g/mol. The van der Waals surface area contributed by atoms with E-state index in [1.165, 1.54) is 0 Å². The molecule has 0 heterocycles. The van der Waals surface area contributed by atoms with E-state index in [4.69, 9.17) is 5.73 Å². The van der Waals surface area contributed by atoms with Gasteiger partial charge in [0.05, 0.1) is 0 Å². The molecule has 0 saturated carbocycles. The maximum Gasteiger partial charge on any atom is 0.0496 e. The lowest BCUT2D eigenvalue weighted by molar-refractivity contribution is 0.721. The van der Waals surface area contributed by atoms with Crippen LogP contribution in [0.15, 0.2) is 24.3 Å². The quantitative estimate of drug-likeness (QED) is 0.465. The van der Waals surface area contributed by atoms with Crippen LogP contribution in [0.1, 0.15) is 13.3 Å². The first-order valence-corrected chi connectivity index (χ1v) is 2.85. The van der Waals surface area contributed by atoms with Gasteiger partial charge in [-0.2, -0.15) is 0 Å². The molecule has 1 heteroatoms. The van der Waals surface area contributed by atoms with Crippen LogP contribution in [-0.4, -0.2) is 5.54 Å². The van der Waals surface area contributed by atoms with E-state index in [1.807, 2.05) is 19.1 Å². The van der Waals surface area contributed by atoms with Crippen molar-refractivity contribution in [1.29, 1.82) is 0 Å². The molecule has 0 aromatic heterocycles. The van der Waals surface area contributed by atoms with Gasteiger partial charge in [-0.3, -0.25) is 0 Å². The smallest absolute Gasteiger partial charge is 0.0496 e. The van der Waals surface area contributed by atoms with E-state index in [9.17, 15) is 0 Å². The van der Waals surface area contributed by atoms with E-state index in [0.29, 0.717) is 0 Å². The van der Waals surface area contributed by atoms with E-state index < -0.39 is 0 Å². The molecule has 0 aromatic rings. The van der Waals surface area contributed by atoms with Gasteiger partial charge in [0, 0.05) is 5.54 Å². The minimum atomic E-state index is -0.182. The number of hydrogen-bond acceptors (Lipinski definition) is 1.